The van der Waals surface area contributed by atoms with E-state index in [2.05, 4.69) is 14.9 Å². The number of nitrogens with zero attached hydrogens (tertiary/aromatic N) is 2. The van der Waals surface area contributed by atoms with E-state index in [0.29, 0.717) is 5.69 Å². The lowest BCUT2D eigenvalue weighted by atomic mass is 10.1. The fourth-order valence-corrected chi connectivity index (χ4v) is 2.18. The van der Waals surface area contributed by atoms with Gasteiger partial charge in [0.15, 0.2) is 6.29 Å². The van der Waals surface area contributed by atoms with Crippen LogP contribution in [0.15, 0.2) is 30.6 Å². The molecule has 0 amide bonds. The molecule has 5 heteroatoms. The molecule has 0 atom stereocenters. The van der Waals surface area contributed by atoms with Crippen LogP contribution < -0.4 is 4.90 Å². The summed E-state index contributed by atoms with van der Waals surface area (Å²) in [5.41, 5.74) is 2.55. The lowest BCUT2D eigenvalue weighted by molar-refractivity contribution is 0.111. The second-order valence-electron chi connectivity index (χ2n) is 4.47. The maximum absolute atomic E-state index is 10.6. The van der Waals surface area contributed by atoms with Crippen molar-refractivity contribution in [1.29, 1.82) is 0 Å². The van der Waals surface area contributed by atoms with Crippen molar-refractivity contribution in [3.05, 3.63) is 36.3 Å². The molecule has 0 unspecified atom stereocenters. The SMILES string of the molecule is O=Cc1cc(-c2ccc(N3CCOCC3)nc2)c[nH]1. The maximum atomic E-state index is 10.6. The van der Waals surface area contributed by atoms with Gasteiger partial charge < -0.3 is 14.6 Å². The molecule has 0 saturated carbocycles. The summed E-state index contributed by atoms with van der Waals surface area (Å²) >= 11 is 0. The molecule has 3 heterocycles. The molecule has 0 spiro atoms. The summed E-state index contributed by atoms with van der Waals surface area (Å²) in [5.74, 6) is 0.971. The van der Waals surface area contributed by atoms with E-state index in [0.717, 1.165) is 49.5 Å². The average molecular weight is 257 g/mol. The van der Waals surface area contributed by atoms with Crippen LogP contribution in [0.4, 0.5) is 5.82 Å². The van der Waals surface area contributed by atoms with Crippen molar-refractivity contribution in [1.82, 2.24) is 9.97 Å². The van der Waals surface area contributed by atoms with Crippen molar-refractivity contribution in [2.24, 2.45) is 0 Å². The Morgan fingerprint density at radius 3 is 2.74 bits per heavy atom. The maximum Gasteiger partial charge on any atom is 0.166 e. The van der Waals surface area contributed by atoms with Gasteiger partial charge in [-0.25, -0.2) is 4.98 Å². The van der Waals surface area contributed by atoms with Crippen LogP contribution in [0.5, 0.6) is 0 Å². The Morgan fingerprint density at radius 1 is 1.26 bits per heavy atom. The first kappa shape index (κ1) is 11.9. The van der Waals surface area contributed by atoms with Crippen LogP contribution in [-0.2, 0) is 4.74 Å². The van der Waals surface area contributed by atoms with E-state index in [4.69, 9.17) is 4.74 Å². The zero-order valence-electron chi connectivity index (χ0n) is 10.5. The van der Waals surface area contributed by atoms with Gasteiger partial charge in [0.2, 0.25) is 0 Å². The smallest absolute Gasteiger partial charge is 0.166 e. The predicted octanol–water partition coefficient (Wildman–Crippen LogP) is 1.73. The van der Waals surface area contributed by atoms with E-state index in [9.17, 15) is 4.79 Å². The summed E-state index contributed by atoms with van der Waals surface area (Å²) in [6.07, 6.45) is 4.46. The first-order valence-electron chi connectivity index (χ1n) is 6.29. The number of carbonyl (C=O) groups excluding carboxylic acids is 1. The van der Waals surface area contributed by atoms with Gasteiger partial charge in [-0.1, -0.05) is 0 Å². The van der Waals surface area contributed by atoms with Crippen molar-refractivity contribution in [2.75, 3.05) is 31.2 Å². The summed E-state index contributed by atoms with van der Waals surface area (Å²) in [6, 6.07) is 5.85. The van der Waals surface area contributed by atoms with Crippen LogP contribution in [0.1, 0.15) is 10.5 Å². The minimum atomic E-state index is 0.576. The standard InChI is InChI=1S/C14H15N3O2/c18-10-13-7-12(9-15-13)11-1-2-14(16-8-11)17-3-5-19-6-4-17/h1-2,7-10,15H,3-6H2. The Hall–Kier alpha value is -2.14. The number of aldehydes is 1. The van der Waals surface area contributed by atoms with E-state index in [1.54, 1.807) is 0 Å². The molecule has 2 aromatic rings. The number of nitrogens with one attached hydrogen (secondary N) is 1. The van der Waals surface area contributed by atoms with Gasteiger partial charge in [-0.2, -0.15) is 0 Å². The number of aromatic amines is 1. The molecule has 0 aromatic carbocycles. The normalized spacial score (nSPS) is 15.5. The number of rotatable bonds is 3. The molecule has 1 fully saturated rings. The highest BCUT2D eigenvalue weighted by atomic mass is 16.5. The second kappa shape index (κ2) is 5.24. The first-order valence-corrected chi connectivity index (χ1v) is 6.29. The molecule has 0 bridgehead atoms. The number of morpholine rings is 1. The molecule has 0 aliphatic carbocycles. The molecule has 1 N–H and O–H groups in total. The van der Waals surface area contributed by atoms with Gasteiger partial charge in [0.1, 0.15) is 5.82 Å². The van der Waals surface area contributed by atoms with E-state index in [1.165, 1.54) is 0 Å². The van der Waals surface area contributed by atoms with Crippen LogP contribution in [0.2, 0.25) is 0 Å². The summed E-state index contributed by atoms with van der Waals surface area (Å²) < 4.78 is 5.32. The molecule has 1 aliphatic rings. The third-order valence-corrected chi connectivity index (χ3v) is 3.25. The highest BCUT2D eigenvalue weighted by molar-refractivity contribution is 5.77. The average Bonchev–Trinajstić information content (AvgIpc) is 2.97. The van der Waals surface area contributed by atoms with Crippen LogP contribution in [0.25, 0.3) is 11.1 Å². The predicted molar refractivity (Wildman–Crippen MR) is 72.4 cm³/mol. The van der Waals surface area contributed by atoms with Crippen LogP contribution >= 0.6 is 0 Å². The first-order chi connectivity index (χ1) is 9.36. The van der Waals surface area contributed by atoms with Gasteiger partial charge in [-0.15, -0.1) is 0 Å². The van der Waals surface area contributed by atoms with Crippen LogP contribution in [0, 0.1) is 0 Å². The van der Waals surface area contributed by atoms with Crippen molar-refractivity contribution in [3.63, 3.8) is 0 Å². The van der Waals surface area contributed by atoms with Crippen LogP contribution in [0.3, 0.4) is 0 Å². The minimum Gasteiger partial charge on any atom is -0.378 e. The summed E-state index contributed by atoms with van der Waals surface area (Å²) in [5, 5.41) is 0. The molecular weight excluding hydrogens is 242 g/mol. The molecule has 1 aliphatic heterocycles. The fourth-order valence-electron chi connectivity index (χ4n) is 2.18. The summed E-state index contributed by atoms with van der Waals surface area (Å²) in [7, 11) is 0. The number of carbonyl (C=O) groups is 1. The number of H-pyrrole nitrogens is 1. The van der Waals surface area contributed by atoms with Crippen molar-refractivity contribution in [2.45, 2.75) is 0 Å². The van der Waals surface area contributed by atoms with Crippen molar-refractivity contribution >= 4 is 12.1 Å². The van der Waals surface area contributed by atoms with E-state index in [-0.39, 0.29) is 0 Å². The number of hydrogen-bond donors (Lipinski definition) is 1. The second-order valence-corrected chi connectivity index (χ2v) is 4.47. The molecule has 19 heavy (non-hydrogen) atoms. The van der Waals surface area contributed by atoms with E-state index in [1.807, 2.05) is 30.6 Å². The Labute approximate surface area is 111 Å². The van der Waals surface area contributed by atoms with Gasteiger partial charge in [-0.3, -0.25) is 4.79 Å². The Morgan fingerprint density at radius 2 is 2.11 bits per heavy atom. The van der Waals surface area contributed by atoms with Gasteiger partial charge >= 0.3 is 0 Å². The number of anilines is 1. The molecule has 1 saturated heterocycles. The van der Waals surface area contributed by atoms with Gasteiger partial charge in [0, 0.05) is 36.6 Å². The molecule has 3 rings (SSSR count). The van der Waals surface area contributed by atoms with Gasteiger partial charge in [0.25, 0.3) is 0 Å². The molecule has 5 nitrogen and oxygen atoms in total. The Kier molecular flexibility index (Phi) is 3.29. The molecule has 0 radical (unpaired) electrons. The lowest BCUT2D eigenvalue weighted by Crippen LogP contribution is -2.36. The topological polar surface area (TPSA) is 58.2 Å². The third-order valence-electron chi connectivity index (χ3n) is 3.25. The third kappa shape index (κ3) is 2.51. The summed E-state index contributed by atoms with van der Waals surface area (Å²) in [6.45, 7) is 3.27. The van der Waals surface area contributed by atoms with E-state index < -0.39 is 0 Å². The zero-order chi connectivity index (χ0) is 13.1. The number of pyridine rings is 1. The quantitative estimate of drug-likeness (QED) is 0.851. The number of aromatic nitrogens is 2. The van der Waals surface area contributed by atoms with Gasteiger partial charge in [-0.05, 0) is 18.2 Å². The number of hydrogen-bond acceptors (Lipinski definition) is 4. The molecular formula is C14H15N3O2. The minimum absolute atomic E-state index is 0.576. The largest absolute Gasteiger partial charge is 0.378 e. The van der Waals surface area contributed by atoms with Gasteiger partial charge in [0.05, 0.1) is 18.9 Å². The Balaban J connectivity index is 1.79. The molecule has 2 aromatic heterocycles. The van der Waals surface area contributed by atoms with E-state index >= 15 is 0 Å². The van der Waals surface area contributed by atoms with Crippen molar-refractivity contribution in [3.8, 4) is 11.1 Å². The summed E-state index contributed by atoms with van der Waals surface area (Å²) in [4.78, 5) is 20.2. The lowest BCUT2D eigenvalue weighted by Gasteiger charge is -2.27. The number of ether oxygens (including phenoxy) is 1. The van der Waals surface area contributed by atoms with Crippen LogP contribution in [-0.4, -0.2) is 42.6 Å². The zero-order valence-corrected chi connectivity index (χ0v) is 10.5. The highest BCUT2D eigenvalue weighted by Gasteiger charge is 2.12. The monoisotopic (exact) mass is 257 g/mol. The fraction of sp³-hybridized carbons (Fsp3) is 0.286. The molecule has 98 valence electrons. The Bertz CT molecular complexity index is 556. The van der Waals surface area contributed by atoms with Crippen molar-refractivity contribution < 1.29 is 9.53 Å². The highest BCUT2D eigenvalue weighted by Crippen LogP contribution is 2.21.